The Labute approximate surface area is 119 Å². The van der Waals surface area contributed by atoms with Crippen LogP contribution >= 0.6 is 11.6 Å². The quantitative estimate of drug-likeness (QED) is 0.709. The summed E-state index contributed by atoms with van der Waals surface area (Å²) in [5.74, 6) is 0. The fourth-order valence-electron chi connectivity index (χ4n) is 2.00. The number of aryl methyl sites for hydroxylation is 1. The molecule has 0 bridgehead atoms. The second-order valence-corrected chi connectivity index (χ2v) is 4.71. The molecule has 0 radical (unpaired) electrons. The van der Waals surface area contributed by atoms with Crippen molar-refractivity contribution in [1.82, 2.24) is 0 Å². The van der Waals surface area contributed by atoms with E-state index < -0.39 is 11.7 Å². The number of alkyl halides is 3. The molecule has 0 aromatic heterocycles. The van der Waals surface area contributed by atoms with E-state index in [1.54, 1.807) is 31.2 Å². The van der Waals surface area contributed by atoms with Crippen molar-refractivity contribution >= 4 is 11.6 Å². The van der Waals surface area contributed by atoms with Gasteiger partial charge in [0.2, 0.25) is 0 Å². The predicted molar refractivity (Wildman–Crippen MR) is 71.3 cm³/mol. The molecule has 2 aromatic rings. The lowest BCUT2D eigenvalue weighted by molar-refractivity contribution is -0.137. The van der Waals surface area contributed by atoms with Gasteiger partial charge in [0.25, 0.3) is 0 Å². The Hall–Kier alpha value is -1.99. The highest BCUT2D eigenvalue weighted by Crippen LogP contribution is 2.36. The molecular weight excluding hydrogens is 287 g/mol. The third-order valence-electron chi connectivity index (χ3n) is 2.96. The Bertz CT molecular complexity index is 679. The minimum absolute atomic E-state index is 0.0453. The summed E-state index contributed by atoms with van der Waals surface area (Å²) in [4.78, 5) is 0. The first-order chi connectivity index (χ1) is 9.34. The summed E-state index contributed by atoms with van der Waals surface area (Å²) in [7, 11) is 0. The van der Waals surface area contributed by atoms with Gasteiger partial charge in [0.15, 0.2) is 0 Å². The molecule has 20 heavy (non-hydrogen) atoms. The average molecular weight is 296 g/mol. The van der Waals surface area contributed by atoms with Gasteiger partial charge < -0.3 is 0 Å². The van der Waals surface area contributed by atoms with Crippen LogP contribution in [0.3, 0.4) is 0 Å². The molecular formula is C15H9ClF3N. The Balaban J connectivity index is 2.68. The van der Waals surface area contributed by atoms with E-state index in [-0.39, 0.29) is 5.56 Å². The number of halogens is 4. The molecule has 0 unspecified atom stereocenters. The first-order valence-corrected chi connectivity index (χ1v) is 6.09. The molecule has 0 aliphatic heterocycles. The number of benzene rings is 2. The predicted octanol–water partition coefficient (Wildman–Crippen LogP) is 5.21. The van der Waals surface area contributed by atoms with E-state index in [0.717, 1.165) is 17.7 Å². The van der Waals surface area contributed by atoms with E-state index in [1.165, 1.54) is 6.07 Å². The van der Waals surface area contributed by atoms with Gasteiger partial charge in [-0.15, -0.1) is 0 Å². The highest BCUT2D eigenvalue weighted by Gasteiger charge is 2.31. The lowest BCUT2D eigenvalue weighted by Crippen LogP contribution is -2.05. The molecule has 0 aliphatic rings. The van der Waals surface area contributed by atoms with Crippen LogP contribution in [0, 0.1) is 18.3 Å². The summed E-state index contributed by atoms with van der Waals surface area (Å²) in [6, 6.07) is 10.1. The maximum absolute atomic E-state index is 12.7. The van der Waals surface area contributed by atoms with Gasteiger partial charge in [-0.25, -0.2) is 0 Å². The molecule has 0 spiro atoms. The van der Waals surface area contributed by atoms with Gasteiger partial charge in [-0.3, -0.25) is 0 Å². The van der Waals surface area contributed by atoms with Crippen molar-refractivity contribution in [1.29, 1.82) is 5.26 Å². The van der Waals surface area contributed by atoms with Crippen LogP contribution in [0.5, 0.6) is 0 Å². The van der Waals surface area contributed by atoms with Crippen molar-refractivity contribution < 1.29 is 13.2 Å². The number of nitriles is 1. The molecule has 5 heteroatoms. The van der Waals surface area contributed by atoms with Crippen molar-refractivity contribution in [3.8, 4) is 17.2 Å². The maximum Gasteiger partial charge on any atom is 0.416 e. The van der Waals surface area contributed by atoms with Gasteiger partial charge in [-0.1, -0.05) is 29.8 Å². The lowest BCUT2D eigenvalue weighted by atomic mass is 9.95. The third-order valence-corrected chi connectivity index (χ3v) is 3.27. The van der Waals surface area contributed by atoms with E-state index in [4.69, 9.17) is 16.9 Å². The smallest absolute Gasteiger partial charge is 0.192 e. The highest BCUT2D eigenvalue weighted by atomic mass is 35.5. The Morgan fingerprint density at radius 2 is 1.85 bits per heavy atom. The highest BCUT2D eigenvalue weighted by molar-refractivity contribution is 6.33. The zero-order valence-corrected chi connectivity index (χ0v) is 11.2. The summed E-state index contributed by atoms with van der Waals surface area (Å²) in [6.07, 6.45) is -4.47. The molecule has 2 aromatic carbocycles. The molecule has 0 saturated carbocycles. The SMILES string of the molecule is Cc1cccc(Cl)c1-c1ccc(C(F)(F)F)cc1C#N. The second-order valence-electron chi connectivity index (χ2n) is 4.30. The molecule has 0 N–H and O–H groups in total. The zero-order chi connectivity index (χ0) is 14.9. The molecule has 102 valence electrons. The Kier molecular flexibility index (Phi) is 3.74. The van der Waals surface area contributed by atoms with Crippen LogP contribution < -0.4 is 0 Å². The maximum atomic E-state index is 12.7. The standard InChI is InChI=1S/C15H9ClF3N/c1-9-3-2-4-13(16)14(9)12-6-5-11(15(17,18)19)7-10(12)8-20/h2-7H,1H3. The van der Waals surface area contributed by atoms with Crippen LogP contribution in [0.25, 0.3) is 11.1 Å². The summed E-state index contributed by atoms with van der Waals surface area (Å²) in [6.45, 7) is 1.79. The summed E-state index contributed by atoms with van der Waals surface area (Å²) < 4.78 is 38.0. The Morgan fingerprint density at radius 3 is 2.40 bits per heavy atom. The van der Waals surface area contributed by atoms with E-state index in [0.29, 0.717) is 16.1 Å². The minimum Gasteiger partial charge on any atom is -0.192 e. The number of nitrogens with zero attached hydrogens (tertiary/aromatic N) is 1. The van der Waals surface area contributed by atoms with Gasteiger partial charge in [0.05, 0.1) is 17.2 Å². The second kappa shape index (κ2) is 5.18. The topological polar surface area (TPSA) is 23.8 Å². The summed E-state index contributed by atoms with van der Waals surface area (Å²) in [5, 5.41) is 9.50. The van der Waals surface area contributed by atoms with Crippen LogP contribution in [-0.4, -0.2) is 0 Å². The largest absolute Gasteiger partial charge is 0.416 e. The van der Waals surface area contributed by atoms with Crippen molar-refractivity contribution in [2.75, 3.05) is 0 Å². The fraction of sp³-hybridized carbons (Fsp3) is 0.133. The van der Waals surface area contributed by atoms with Gasteiger partial charge in [-0.05, 0) is 30.7 Å². The van der Waals surface area contributed by atoms with Gasteiger partial charge in [-0.2, -0.15) is 18.4 Å². The van der Waals surface area contributed by atoms with Gasteiger partial charge in [0.1, 0.15) is 0 Å². The molecule has 0 fully saturated rings. The average Bonchev–Trinajstić information content (AvgIpc) is 2.37. The third kappa shape index (κ3) is 2.63. The van der Waals surface area contributed by atoms with Crippen LogP contribution in [0.15, 0.2) is 36.4 Å². The van der Waals surface area contributed by atoms with E-state index in [1.807, 2.05) is 0 Å². The zero-order valence-electron chi connectivity index (χ0n) is 10.4. The van der Waals surface area contributed by atoms with Crippen LogP contribution in [0.1, 0.15) is 16.7 Å². The van der Waals surface area contributed by atoms with Crippen LogP contribution in [0.4, 0.5) is 13.2 Å². The van der Waals surface area contributed by atoms with Crippen molar-refractivity contribution in [3.63, 3.8) is 0 Å². The van der Waals surface area contributed by atoms with Gasteiger partial charge >= 0.3 is 6.18 Å². The van der Waals surface area contributed by atoms with Crippen molar-refractivity contribution in [2.24, 2.45) is 0 Å². The summed E-state index contributed by atoms with van der Waals surface area (Å²) in [5.41, 5.74) is 0.898. The molecule has 0 saturated heterocycles. The van der Waals surface area contributed by atoms with Gasteiger partial charge in [0, 0.05) is 16.1 Å². The van der Waals surface area contributed by atoms with E-state index >= 15 is 0 Å². The number of hydrogen-bond acceptors (Lipinski definition) is 1. The lowest BCUT2D eigenvalue weighted by Gasteiger charge is -2.13. The van der Waals surface area contributed by atoms with Crippen molar-refractivity contribution in [3.05, 3.63) is 58.1 Å². The Morgan fingerprint density at radius 1 is 1.15 bits per heavy atom. The number of hydrogen-bond donors (Lipinski definition) is 0. The first kappa shape index (κ1) is 14.4. The molecule has 0 atom stereocenters. The summed E-state index contributed by atoms with van der Waals surface area (Å²) >= 11 is 6.09. The molecule has 0 amide bonds. The first-order valence-electron chi connectivity index (χ1n) is 5.71. The molecule has 0 heterocycles. The normalized spacial score (nSPS) is 11.2. The van der Waals surface area contributed by atoms with Crippen molar-refractivity contribution in [2.45, 2.75) is 13.1 Å². The number of rotatable bonds is 1. The fourth-order valence-corrected chi connectivity index (χ4v) is 2.33. The van der Waals surface area contributed by atoms with E-state index in [2.05, 4.69) is 0 Å². The monoisotopic (exact) mass is 295 g/mol. The van der Waals surface area contributed by atoms with Crippen LogP contribution in [0.2, 0.25) is 5.02 Å². The van der Waals surface area contributed by atoms with Crippen LogP contribution in [-0.2, 0) is 6.18 Å². The molecule has 1 nitrogen and oxygen atoms in total. The van der Waals surface area contributed by atoms with E-state index in [9.17, 15) is 13.2 Å². The molecule has 2 rings (SSSR count). The molecule has 0 aliphatic carbocycles. The minimum atomic E-state index is -4.47.